The summed E-state index contributed by atoms with van der Waals surface area (Å²) in [5.41, 5.74) is 0.00112. The number of benzene rings is 2. The van der Waals surface area contributed by atoms with Crippen LogP contribution in [0.3, 0.4) is 0 Å². The minimum Gasteiger partial charge on any atom is -0.507 e. The molecule has 3 aromatic rings. The van der Waals surface area contributed by atoms with Crippen molar-refractivity contribution in [2.24, 2.45) is 0 Å². The number of carboxylic acid groups (broad SMARTS) is 1. The van der Waals surface area contributed by atoms with E-state index in [-0.39, 0.29) is 36.4 Å². The van der Waals surface area contributed by atoms with Gasteiger partial charge in [0.2, 0.25) is 0 Å². The Morgan fingerprint density at radius 3 is 2.50 bits per heavy atom. The van der Waals surface area contributed by atoms with Gasteiger partial charge in [-0.15, -0.1) is 0 Å². The summed E-state index contributed by atoms with van der Waals surface area (Å²) in [6.45, 7) is 5.86. The van der Waals surface area contributed by atoms with Crippen LogP contribution in [0.15, 0.2) is 30.3 Å². The molecule has 170 valence electrons. The summed E-state index contributed by atoms with van der Waals surface area (Å²) in [5.74, 6) is -4.09. The van der Waals surface area contributed by atoms with E-state index in [1.807, 2.05) is 20.8 Å². The predicted molar refractivity (Wildman–Crippen MR) is 113 cm³/mol. The second-order valence-corrected chi connectivity index (χ2v) is 8.89. The van der Waals surface area contributed by atoms with Crippen LogP contribution in [0.2, 0.25) is 0 Å². The maximum absolute atomic E-state index is 14.4. The highest BCUT2D eigenvalue weighted by atomic mass is 19.2. The second-order valence-electron chi connectivity index (χ2n) is 8.89. The third-order valence-corrected chi connectivity index (χ3v) is 6.29. The second kappa shape index (κ2) is 7.55. The maximum Gasteiger partial charge on any atom is 0.303 e. The number of phenols is 1. The van der Waals surface area contributed by atoms with E-state index in [1.54, 1.807) is 4.57 Å². The van der Waals surface area contributed by atoms with Gasteiger partial charge in [0.15, 0.2) is 11.6 Å². The normalized spacial score (nSPS) is 19.8. The first-order valence-electron chi connectivity index (χ1n) is 10.4. The third kappa shape index (κ3) is 3.33. The number of aromatic nitrogens is 1. The molecule has 1 aromatic heterocycles. The molecule has 8 heteroatoms. The third-order valence-electron chi connectivity index (χ3n) is 6.29. The first kappa shape index (κ1) is 22.2. The molecule has 1 aliphatic heterocycles. The molecule has 0 fully saturated rings. The van der Waals surface area contributed by atoms with Crippen molar-refractivity contribution in [1.82, 2.24) is 4.57 Å². The maximum atomic E-state index is 14.4. The van der Waals surface area contributed by atoms with Crippen molar-refractivity contribution in [1.29, 1.82) is 0 Å². The molecule has 0 radical (unpaired) electrons. The van der Waals surface area contributed by atoms with Gasteiger partial charge in [-0.25, -0.2) is 13.2 Å². The van der Waals surface area contributed by atoms with Gasteiger partial charge in [0.1, 0.15) is 11.6 Å². The molecule has 5 nitrogen and oxygen atoms in total. The number of carbonyl (C=O) groups is 1. The SMILES string of the molecule is CC[C@@]1(CCC(=O)O)OCC(C)(C)c2c1c1c(O)cc(F)cc1n2-c1ccc(F)c(F)c1. The quantitative estimate of drug-likeness (QED) is 0.539. The Bertz CT molecular complexity index is 1230. The van der Waals surface area contributed by atoms with E-state index in [0.717, 1.165) is 18.2 Å². The molecule has 2 aromatic carbocycles. The fourth-order valence-electron chi connectivity index (χ4n) is 4.76. The van der Waals surface area contributed by atoms with Crippen molar-refractivity contribution >= 4 is 16.9 Å². The van der Waals surface area contributed by atoms with Crippen LogP contribution in [0.25, 0.3) is 16.6 Å². The van der Waals surface area contributed by atoms with Crippen molar-refractivity contribution in [3.05, 3.63) is 59.0 Å². The topological polar surface area (TPSA) is 71.7 Å². The molecule has 0 aliphatic carbocycles. The number of aromatic hydroxyl groups is 1. The molecule has 2 N–H and O–H groups in total. The Kier molecular flexibility index (Phi) is 5.24. The summed E-state index contributed by atoms with van der Waals surface area (Å²) >= 11 is 0. The molecule has 0 amide bonds. The van der Waals surface area contributed by atoms with Crippen LogP contribution in [0.5, 0.6) is 5.75 Å². The Balaban J connectivity index is 2.16. The van der Waals surface area contributed by atoms with E-state index in [0.29, 0.717) is 23.1 Å². The molecule has 0 unspecified atom stereocenters. The van der Waals surface area contributed by atoms with Crippen LogP contribution in [0.1, 0.15) is 51.3 Å². The number of rotatable bonds is 5. The lowest BCUT2D eigenvalue weighted by Gasteiger charge is -2.44. The minimum atomic E-state index is -1.06. The molecule has 4 rings (SSSR count). The van der Waals surface area contributed by atoms with Crippen LogP contribution in [-0.4, -0.2) is 27.4 Å². The average Bonchev–Trinajstić information content (AvgIpc) is 3.07. The number of hydrogen-bond donors (Lipinski definition) is 2. The zero-order chi connectivity index (χ0) is 23.4. The fourth-order valence-corrected chi connectivity index (χ4v) is 4.76. The molecule has 1 aliphatic rings. The van der Waals surface area contributed by atoms with Gasteiger partial charge in [-0.05, 0) is 31.0 Å². The summed E-state index contributed by atoms with van der Waals surface area (Å²) in [7, 11) is 0. The molecular weight excluding hydrogens is 423 g/mol. The van der Waals surface area contributed by atoms with Crippen LogP contribution < -0.4 is 0 Å². The Morgan fingerprint density at radius 1 is 1.16 bits per heavy atom. The van der Waals surface area contributed by atoms with Crippen molar-refractivity contribution in [2.45, 2.75) is 51.0 Å². The number of ether oxygens (including phenoxy) is 1. The Labute approximate surface area is 183 Å². The van der Waals surface area contributed by atoms with Crippen molar-refractivity contribution in [2.75, 3.05) is 6.61 Å². The highest BCUT2D eigenvalue weighted by Gasteiger charge is 2.48. The van der Waals surface area contributed by atoms with Crippen LogP contribution in [0, 0.1) is 17.5 Å². The largest absolute Gasteiger partial charge is 0.507 e. The van der Waals surface area contributed by atoms with Crippen LogP contribution >= 0.6 is 0 Å². The van der Waals surface area contributed by atoms with Crippen molar-refractivity contribution in [3.63, 3.8) is 0 Å². The molecule has 0 saturated heterocycles. The lowest BCUT2D eigenvalue weighted by atomic mass is 9.75. The van der Waals surface area contributed by atoms with Crippen molar-refractivity contribution in [3.8, 4) is 11.4 Å². The van der Waals surface area contributed by atoms with E-state index in [2.05, 4.69) is 0 Å². The van der Waals surface area contributed by atoms with Gasteiger partial charge in [0.05, 0.1) is 17.7 Å². The van der Waals surface area contributed by atoms with Gasteiger partial charge in [-0.3, -0.25) is 4.79 Å². The van der Waals surface area contributed by atoms with E-state index in [9.17, 15) is 28.2 Å². The van der Waals surface area contributed by atoms with E-state index >= 15 is 0 Å². The van der Waals surface area contributed by atoms with Crippen LogP contribution in [-0.2, 0) is 20.5 Å². The standard InChI is InChI=1S/C24H24F3NO4/c1-4-24(8-7-19(30)31)21-20-17(9-13(25)10-18(20)29)28(22(21)23(2,3)12-32-24)14-5-6-15(26)16(27)11-14/h5-6,9-11,29H,4,7-8,12H2,1-3H3,(H,30,31)/t24-/m0/s1. The number of aliphatic carboxylic acids is 1. The molecule has 0 saturated carbocycles. The number of fused-ring (bicyclic) bond motifs is 3. The van der Waals surface area contributed by atoms with Gasteiger partial charge in [0.25, 0.3) is 0 Å². The van der Waals surface area contributed by atoms with E-state index in [1.165, 1.54) is 12.1 Å². The minimum absolute atomic E-state index is 0.135. The Morgan fingerprint density at radius 2 is 1.88 bits per heavy atom. The fraction of sp³-hybridized carbons (Fsp3) is 0.375. The summed E-state index contributed by atoms with van der Waals surface area (Å²) in [6.07, 6.45) is 0.361. The summed E-state index contributed by atoms with van der Waals surface area (Å²) in [4.78, 5) is 11.4. The van der Waals surface area contributed by atoms with Crippen molar-refractivity contribution < 1.29 is 32.9 Å². The molecular formula is C24H24F3NO4. The number of carboxylic acids is 1. The first-order valence-corrected chi connectivity index (χ1v) is 10.4. The van der Waals surface area contributed by atoms with Crippen LogP contribution in [0.4, 0.5) is 13.2 Å². The summed E-state index contributed by atoms with van der Waals surface area (Å²) in [6, 6.07) is 5.61. The Hall–Kier alpha value is -3.00. The lowest BCUT2D eigenvalue weighted by molar-refractivity contribution is -0.141. The van der Waals surface area contributed by atoms with Gasteiger partial charge >= 0.3 is 5.97 Å². The predicted octanol–water partition coefficient (Wildman–Crippen LogP) is 5.53. The van der Waals surface area contributed by atoms with Gasteiger partial charge in [-0.2, -0.15) is 0 Å². The smallest absolute Gasteiger partial charge is 0.303 e. The number of halogens is 3. The number of hydrogen-bond acceptors (Lipinski definition) is 3. The summed E-state index contributed by atoms with van der Waals surface area (Å²) in [5, 5.41) is 20.4. The summed E-state index contributed by atoms with van der Waals surface area (Å²) < 4.78 is 50.1. The lowest BCUT2D eigenvalue weighted by Crippen LogP contribution is -2.44. The zero-order valence-electron chi connectivity index (χ0n) is 18.0. The molecule has 1 atom stereocenters. The average molecular weight is 447 g/mol. The molecule has 0 bridgehead atoms. The monoisotopic (exact) mass is 447 g/mol. The molecule has 0 spiro atoms. The highest BCUT2D eigenvalue weighted by molar-refractivity contribution is 5.94. The zero-order valence-corrected chi connectivity index (χ0v) is 18.0. The van der Waals surface area contributed by atoms with E-state index < -0.39 is 34.4 Å². The van der Waals surface area contributed by atoms with Gasteiger partial charge < -0.3 is 19.5 Å². The first-order chi connectivity index (χ1) is 15.0. The number of phenolic OH excluding ortho intramolecular Hbond substituents is 1. The molecule has 2 heterocycles. The highest BCUT2D eigenvalue weighted by Crippen LogP contribution is 2.52. The van der Waals surface area contributed by atoms with Gasteiger partial charge in [-0.1, -0.05) is 20.8 Å². The van der Waals surface area contributed by atoms with Gasteiger partial charge in [0, 0.05) is 46.3 Å². The molecule has 32 heavy (non-hydrogen) atoms. The number of nitrogens with zero attached hydrogens (tertiary/aromatic N) is 1. The van der Waals surface area contributed by atoms with E-state index in [4.69, 9.17) is 4.74 Å².